The van der Waals surface area contributed by atoms with Crippen LogP contribution in [0.5, 0.6) is 5.75 Å². The third-order valence-corrected chi connectivity index (χ3v) is 7.10. The van der Waals surface area contributed by atoms with Crippen LogP contribution in [-0.4, -0.2) is 5.11 Å². The van der Waals surface area contributed by atoms with E-state index in [-0.39, 0.29) is 22.1 Å². The molecule has 0 aliphatic carbocycles. The van der Waals surface area contributed by atoms with Crippen LogP contribution in [0.15, 0.2) is 115 Å². The molecule has 0 bridgehead atoms. The SMILES string of the molecule is Br.Oc1ccc(CPC(c2ccccc2)(c2ccccc2)c2ccccc2)cc1. The first-order valence-electron chi connectivity index (χ1n) is 9.48. The molecule has 3 heteroatoms. The van der Waals surface area contributed by atoms with Gasteiger partial charge in [-0.25, -0.2) is 0 Å². The van der Waals surface area contributed by atoms with Gasteiger partial charge in [-0.05, 0) is 40.5 Å². The third-order valence-electron chi connectivity index (χ3n) is 5.11. The van der Waals surface area contributed by atoms with E-state index in [2.05, 4.69) is 91.0 Å². The van der Waals surface area contributed by atoms with Crippen LogP contribution in [0, 0.1) is 0 Å². The van der Waals surface area contributed by atoms with Crippen molar-refractivity contribution in [2.45, 2.75) is 11.3 Å². The highest BCUT2D eigenvalue weighted by Crippen LogP contribution is 2.53. The van der Waals surface area contributed by atoms with Crippen molar-refractivity contribution >= 4 is 25.6 Å². The minimum Gasteiger partial charge on any atom is -0.508 e. The fraction of sp³-hybridized carbons (Fsp3) is 0.0769. The van der Waals surface area contributed by atoms with Crippen molar-refractivity contribution in [3.8, 4) is 5.75 Å². The van der Waals surface area contributed by atoms with Crippen LogP contribution in [-0.2, 0) is 11.3 Å². The van der Waals surface area contributed by atoms with Gasteiger partial charge in [-0.1, -0.05) is 112 Å². The molecule has 0 saturated heterocycles. The second-order valence-electron chi connectivity index (χ2n) is 6.87. The highest BCUT2D eigenvalue weighted by atomic mass is 79.9. The molecule has 0 saturated carbocycles. The van der Waals surface area contributed by atoms with Crippen molar-refractivity contribution in [1.29, 1.82) is 0 Å². The number of phenols is 1. The number of rotatable bonds is 6. The summed E-state index contributed by atoms with van der Waals surface area (Å²) in [6, 6.07) is 40.0. The molecule has 4 aromatic carbocycles. The van der Waals surface area contributed by atoms with Crippen molar-refractivity contribution in [2.75, 3.05) is 0 Å². The van der Waals surface area contributed by atoms with Crippen LogP contribution in [0.2, 0.25) is 0 Å². The Bertz CT molecular complexity index is 906. The lowest BCUT2D eigenvalue weighted by molar-refractivity contribution is 0.475. The molecule has 146 valence electrons. The van der Waals surface area contributed by atoms with Crippen molar-refractivity contribution in [3.63, 3.8) is 0 Å². The quantitative estimate of drug-likeness (QED) is 0.238. The molecule has 0 aliphatic heterocycles. The van der Waals surface area contributed by atoms with E-state index in [0.717, 1.165) is 6.16 Å². The first-order chi connectivity index (χ1) is 13.8. The maximum Gasteiger partial charge on any atom is 0.115 e. The number of aromatic hydroxyl groups is 1. The lowest BCUT2D eigenvalue weighted by Crippen LogP contribution is -2.24. The summed E-state index contributed by atoms with van der Waals surface area (Å²) in [6.45, 7) is 0. The maximum atomic E-state index is 9.62. The van der Waals surface area contributed by atoms with Gasteiger partial charge in [0.1, 0.15) is 5.75 Å². The van der Waals surface area contributed by atoms with Crippen LogP contribution >= 0.6 is 25.6 Å². The second-order valence-corrected chi connectivity index (χ2v) is 8.33. The number of halogens is 1. The van der Waals surface area contributed by atoms with Gasteiger partial charge < -0.3 is 5.11 Å². The first-order valence-corrected chi connectivity index (χ1v) is 10.7. The van der Waals surface area contributed by atoms with E-state index in [0.29, 0.717) is 14.3 Å². The molecular weight excluding hydrogens is 439 g/mol. The monoisotopic (exact) mass is 462 g/mol. The summed E-state index contributed by atoms with van der Waals surface area (Å²) in [5, 5.41) is 9.41. The van der Waals surface area contributed by atoms with E-state index >= 15 is 0 Å². The summed E-state index contributed by atoms with van der Waals surface area (Å²) in [5.74, 6) is 0.313. The fourth-order valence-corrected chi connectivity index (χ4v) is 5.54. The molecule has 1 atom stereocenters. The lowest BCUT2D eigenvalue weighted by atomic mass is 9.84. The van der Waals surface area contributed by atoms with Crippen LogP contribution in [0.1, 0.15) is 22.3 Å². The van der Waals surface area contributed by atoms with Gasteiger partial charge in [-0.3, -0.25) is 0 Å². The molecule has 29 heavy (non-hydrogen) atoms. The Kier molecular flexibility index (Phi) is 7.25. The highest BCUT2D eigenvalue weighted by Gasteiger charge is 2.35. The molecule has 0 amide bonds. The number of hydrogen-bond donors (Lipinski definition) is 1. The van der Waals surface area contributed by atoms with Crippen molar-refractivity contribution in [2.24, 2.45) is 0 Å². The van der Waals surface area contributed by atoms with Crippen LogP contribution in [0.4, 0.5) is 0 Å². The molecule has 0 aliphatic rings. The molecule has 0 fully saturated rings. The summed E-state index contributed by atoms with van der Waals surface area (Å²) in [7, 11) is 0.619. The smallest absolute Gasteiger partial charge is 0.115 e. The summed E-state index contributed by atoms with van der Waals surface area (Å²) < 4.78 is 0. The maximum absolute atomic E-state index is 9.62. The zero-order chi connectivity index (χ0) is 19.2. The number of phenolic OH excluding ortho intramolecular Hbond substituents is 1. The molecule has 1 nitrogen and oxygen atoms in total. The van der Waals surface area contributed by atoms with Gasteiger partial charge in [0, 0.05) is 0 Å². The normalized spacial score (nSPS) is 11.3. The zero-order valence-corrected chi connectivity index (χ0v) is 18.7. The summed E-state index contributed by atoms with van der Waals surface area (Å²) >= 11 is 0. The van der Waals surface area contributed by atoms with Gasteiger partial charge in [0.25, 0.3) is 0 Å². The van der Waals surface area contributed by atoms with Crippen molar-refractivity contribution in [3.05, 3.63) is 138 Å². The van der Waals surface area contributed by atoms with Crippen molar-refractivity contribution in [1.82, 2.24) is 0 Å². The predicted octanol–water partition coefficient (Wildman–Crippen LogP) is 7.14. The average molecular weight is 463 g/mol. The molecule has 4 aromatic rings. The minimum atomic E-state index is -0.207. The Morgan fingerprint density at radius 3 is 1.31 bits per heavy atom. The lowest BCUT2D eigenvalue weighted by Gasteiger charge is -2.36. The summed E-state index contributed by atoms with van der Waals surface area (Å²) in [4.78, 5) is 0. The topological polar surface area (TPSA) is 20.2 Å². The van der Waals surface area contributed by atoms with Gasteiger partial charge in [-0.2, -0.15) is 0 Å². The molecule has 0 aromatic heterocycles. The van der Waals surface area contributed by atoms with Gasteiger partial charge in [0.05, 0.1) is 5.16 Å². The van der Waals surface area contributed by atoms with Crippen LogP contribution in [0.3, 0.4) is 0 Å². The van der Waals surface area contributed by atoms with E-state index in [4.69, 9.17) is 0 Å². The Labute approximate surface area is 185 Å². The number of benzene rings is 4. The fourth-order valence-electron chi connectivity index (χ4n) is 3.72. The van der Waals surface area contributed by atoms with E-state index in [9.17, 15) is 5.11 Å². The highest BCUT2D eigenvalue weighted by molar-refractivity contribution is 8.93. The molecule has 0 spiro atoms. The molecule has 0 radical (unpaired) electrons. The van der Waals surface area contributed by atoms with Crippen molar-refractivity contribution < 1.29 is 5.11 Å². The Morgan fingerprint density at radius 1 is 0.552 bits per heavy atom. The van der Waals surface area contributed by atoms with Gasteiger partial charge in [-0.15, -0.1) is 17.0 Å². The van der Waals surface area contributed by atoms with Gasteiger partial charge >= 0.3 is 0 Å². The minimum absolute atomic E-state index is 0. The van der Waals surface area contributed by atoms with Gasteiger partial charge in [0.15, 0.2) is 0 Å². The first kappa shape index (κ1) is 21.3. The molecule has 4 rings (SSSR count). The second kappa shape index (κ2) is 9.87. The molecular formula is C26H24BrOP. The standard InChI is InChI=1S/C26H23OP.BrH/c27-25-18-16-21(17-19-25)20-28-26(22-10-4-1-5-11-22,23-12-6-2-7-13-23)24-14-8-3-9-15-24;/h1-19,27-28H,20H2;1H. The molecule has 1 N–H and O–H groups in total. The molecule has 1 unspecified atom stereocenters. The summed E-state index contributed by atoms with van der Waals surface area (Å²) in [6.07, 6.45) is 0.943. The Balaban J connectivity index is 0.00000240. The predicted molar refractivity (Wildman–Crippen MR) is 130 cm³/mol. The molecule has 0 heterocycles. The van der Waals surface area contributed by atoms with Crippen LogP contribution in [0.25, 0.3) is 0 Å². The largest absolute Gasteiger partial charge is 0.508 e. The van der Waals surface area contributed by atoms with E-state index in [1.165, 1.54) is 22.3 Å². The third kappa shape index (κ3) is 4.61. The van der Waals surface area contributed by atoms with Gasteiger partial charge in [0.2, 0.25) is 0 Å². The number of hydrogen-bond acceptors (Lipinski definition) is 1. The summed E-state index contributed by atoms with van der Waals surface area (Å²) in [5.41, 5.74) is 5.17. The zero-order valence-electron chi connectivity index (χ0n) is 16.0. The average Bonchev–Trinajstić information content (AvgIpc) is 2.78. The van der Waals surface area contributed by atoms with E-state index in [1.807, 2.05) is 12.1 Å². The Hall–Kier alpha value is -2.41. The van der Waals surface area contributed by atoms with E-state index in [1.54, 1.807) is 12.1 Å². The van der Waals surface area contributed by atoms with E-state index < -0.39 is 0 Å². The van der Waals surface area contributed by atoms with Crippen LogP contribution < -0.4 is 0 Å². The Morgan fingerprint density at radius 2 is 0.931 bits per heavy atom.